The molecule has 0 radical (unpaired) electrons. The number of rotatable bonds is 8. The van der Waals surface area contributed by atoms with Crippen molar-refractivity contribution in [2.75, 3.05) is 6.54 Å². The molecule has 2 atom stereocenters. The van der Waals surface area contributed by atoms with Crippen molar-refractivity contribution in [2.24, 2.45) is 4.99 Å². The summed E-state index contributed by atoms with van der Waals surface area (Å²) in [6.07, 6.45) is 0. The summed E-state index contributed by atoms with van der Waals surface area (Å²) < 4.78 is 5.69. The van der Waals surface area contributed by atoms with Gasteiger partial charge in [0.2, 0.25) is 6.54 Å². The zero-order valence-corrected chi connectivity index (χ0v) is 20.1. The summed E-state index contributed by atoms with van der Waals surface area (Å²) in [4.78, 5) is 29.5. The van der Waals surface area contributed by atoms with Crippen molar-refractivity contribution in [3.8, 4) is 0 Å². The maximum atomic E-state index is 13.4. The number of aliphatic imine (C=N–C) groups is 1. The highest BCUT2D eigenvalue weighted by Gasteiger charge is 2.37. The summed E-state index contributed by atoms with van der Waals surface area (Å²) in [7, 11) is 0. The summed E-state index contributed by atoms with van der Waals surface area (Å²) in [5.41, 5.74) is 1.93. The van der Waals surface area contributed by atoms with Gasteiger partial charge >= 0.3 is 5.97 Å². The van der Waals surface area contributed by atoms with E-state index in [2.05, 4.69) is 0 Å². The Morgan fingerprint density at radius 1 is 0.941 bits per heavy atom. The third kappa shape index (κ3) is 6.99. The first-order chi connectivity index (χ1) is 16.1. The zero-order chi connectivity index (χ0) is 24.7. The van der Waals surface area contributed by atoms with Crippen LogP contribution in [0, 0.1) is 10.1 Å². The topological polar surface area (TPSA) is 81.8 Å². The van der Waals surface area contributed by atoms with Crippen LogP contribution in [0.1, 0.15) is 43.4 Å². The molecule has 176 valence electrons. The van der Waals surface area contributed by atoms with Gasteiger partial charge in [0.05, 0.1) is 11.6 Å². The molecule has 0 saturated heterocycles. The molecular weight excluding hydrogens is 452 g/mol. The van der Waals surface area contributed by atoms with Crippen LogP contribution in [0.25, 0.3) is 0 Å². The minimum absolute atomic E-state index is 0.434. The Labute approximate surface area is 204 Å². The van der Waals surface area contributed by atoms with E-state index in [1.54, 1.807) is 45.0 Å². The normalized spacial score (nSPS) is 12.9. The maximum absolute atomic E-state index is 13.4. The minimum atomic E-state index is -1.15. The standard InChI is InChI=1S/C27H27ClN2O4/c1-27(2,3)34-26(31)25(23(18-30(32)33)19-14-16-22(28)17-15-19)29-24(20-10-6-4-7-11-20)21-12-8-5-9-13-21/h4-17,23,25H,18H2,1-3H3/t23?,25-/m0/s1. The van der Waals surface area contributed by atoms with Crippen molar-refractivity contribution in [3.63, 3.8) is 0 Å². The monoisotopic (exact) mass is 478 g/mol. The van der Waals surface area contributed by atoms with Gasteiger partial charge in [-0.05, 0) is 38.5 Å². The van der Waals surface area contributed by atoms with Gasteiger partial charge in [0.25, 0.3) is 0 Å². The lowest BCUT2D eigenvalue weighted by atomic mass is 9.90. The van der Waals surface area contributed by atoms with Crippen LogP contribution in [0.4, 0.5) is 0 Å². The third-order valence-electron chi connectivity index (χ3n) is 5.04. The van der Waals surface area contributed by atoms with Gasteiger partial charge < -0.3 is 4.74 Å². The molecule has 1 unspecified atom stereocenters. The largest absolute Gasteiger partial charge is 0.458 e. The fourth-order valence-electron chi connectivity index (χ4n) is 3.57. The number of hydrogen-bond acceptors (Lipinski definition) is 5. The second-order valence-corrected chi connectivity index (χ2v) is 9.30. The van der Waals surface area contributed by atoms with Crippen molar-refractivity contribution in [1.29, 1.82) is 0 Å². The molecule has 0 saturated carbocycles. The lowest BCUT2D eigenvalue weighted by Gasteiger charge is -2.26. The van der Waals surface area contributed by atoms with Gasteiger partial charge in [0, 0.05) is 21.1 Å². The molecule has 0 aromatic heterocycles. The van der Waals surface area contributed by atoms with Crippen LogP contribution in [-0.2, 0) is 9.53 Å². The highest BCUT2D eigenvalue weighted by atomic mass is 35.5. The number of nitro groups is 1. The first-order valence-corrected chi connectivity index (χ1v) is 11.3. The molecule has 7 heteroatoms. The molecule has 34 heavy (non-hydrogen) atoms. The fourth-order valence-corrected chi connectivity index (χ4v) is 3.70. The van der Waals surface area contributed by atoms with Crippen LogP contribution in [0.3, 0.4) is 0 Å². The third-order valence-corrected chi connectivity index (χ3v) is 5.29. The van der Waals surface area contributed by atoms with Crippen LogP contribution in [-0.4, -0.2) is 34.8 Å². The molecule has 0 bridgehead atoms. The van der Waals surface area contributed by atoms with Crippen molar-refractivity contribution < 1.29 is 14.5 Å². The number of nitrogens with zero attached hydrogens (tertiary/aromatic N) is 2. The molecule has 0 heterocycles. The van der Waals surface area contributed by atoms with E-state index in [0.717, 1.165) is 11.1 Å². The number of hydrogen-bond donors (Lipinski definition) is 0. The first kappa shape index (κ1) is 25.1. The van der Waals surface area contributed by atoms with Gasteiger partial charge in [0.1, 0.15) is 5.60 Å². The molecule has 0 aliphatic heterocycles. The Morgan fingerprint density at radius 3 is 1.88 bits per heavy atom. The van der Waals surface area contributed by atoms with Crippen LogP contribution in [0.15, 0.2) is 89.9 Å². The van der Waals surface area contributed by atoms with Gasteiger partial charge in [-0.25, -0.2) is 4.79 Å². The summed E-state index contributed by atoms with van der Waals surface area (Å²) >= 11 is 6.04. The quantitative estimate of drug-likeness (QED) is 0.173. The molecule has 0 amide bonds. The smallest absolute Gasteiger partial charge is 0.332 e. The molecule has 3 aromatic rings. The van der Waals surface area contributed by atoms with Gasteiger partial charge in [-0.2, -0.15) is 0 Å². The number of carbonyl (C=O) groups is 1. The Balaban J connectivity index is 2.21. The van der Waals surface area contributed by atoms with E-state index in [1.807, 2.05) is 60.7 Å². The van der Waals surface area contributed by atoms with Crippen molar-refractivity contribution in [3.05, 3.63) is 117 Å². The Bertz CT molecular complexity index is 1100. The molecule has 0 fully saturated rings. The highest BCUT2D eigenvalue weighted by Crippen LogP contribution is 2.28. The van der Waals surface area contributed by atoms with E-state index in [-0.39, 0.29) is 0 Å². The van der Waals surface area contributed by atoms with Crippen LogP contribution in [0.5, 0.6) is 0 Å². The summed E-state index contributed by atoms with van der Waals surface area (Å²) in [6, 6.07) is 24.4. The second kappa shape index (κ2) is 11.1. The van der Waals surface area contributed by atoms with E-state index in [4.69, 9.17) is 21.3 Å². The van der Waals surface area contributed by atoms with Crippen LogP contribution >= 0.6 is 11.6 Å². The Morgan fingerprint density at radius 2 is 1.44 bits per heavy atom. The SMILES string of the molecule is CC(C)(C)OC(=O)[C@@H](N=C(c1ccccc1)c1ccccc1)C(C[N+](=O)[O-])c1ccc(Cl)cc1. The van der Waals surface area contributed by atoms with Crippen LogP contribution in [0.2, 0.25) is 5.02 Å². The van der Waals surface area contributed by atoms with E-state index < -0.39 is 35.0 Å². The van der Waals surface area contributed by atoms with E-state index in [9.17, 15) is 14.9 Å². The van der Waals surface area contributed by atoms with E-state index in [1.165, 1.54) is 0 Å². The molecule has 0 N–H and O–H groups in total. The summed E-state index contributed by atoms with van der Waals surface area (Å²) in [5.74, 6) is -1.48. The van der Waals surface area contributed by atoms with E-state index in [0.29, 0.717) is 16.3 Å². The minimum Gasteiger partial charge on any atom is -0.458 e. The Kier molecular flexibility index (Phi) is 8.18. The number of ether oxygens (including phenoxy) is 1. The Hall–Kier alpha value is -3.51. The second-order valence-electron chi connectivity index (χ2n) is 8.86. The number of halogens is 1. The number of carbonyl (C=O) groups excluding carboxylic acids is 1. The van der Waals surface area contributed by atoms with Gasteiger partial charge in [-0.3, -0.25) is 15.1 Å². The average Bonchev–Trinajstić information content (AvgIpc) is 2.79. The van der Waals surface area contributed by atoms with Gasteiger partial charge in [-0.1, -0.05) is 84.4 Å². The molecule has 0 aliphatic rings. The predicted octanol–water partition coefficient (Wildman–Crippen LogP) is 5.95. The van der Waals surface area contributed by atoms with E-state index >= 15 is 0 Å². The van der Waals surface area contributed by atoms with Gasteiger partial charge in [-0.15, -0.1) is 0 Å². The lowest BCUT2D eigenvalue weighted by molar-refractivity contribution is -0.483. The van der Waals surface area contributed by atoms with Crippen LogP contribution < -0.4 is 0 Å². The summed E-state index contributed by atoms with van der Waals surface area (Å²) in [6.45, 7) is 4.77. The molecule has 0 aliphatic carbocycles. The molecule has 3 aromatic carbocycles. The zero-order valence-electron chi connectivity index (χ0n) is 19.4. The van der Waals surface area contributed by atoms with Crippen molar-refractivity contribution in [1.82, 2.24) is 0 Å². The van der Waals surface area contributed by atoms with Crippen molar-refractivity contribution >= 4 is 23.3 Å². The molecule has 3 rings (SSSR count). The van der Waals surface area contributed by atoms with Crippen molar-refractivity contribution in [2.45, 2.75) is 38.3 Å². The average molecular weight is 479 g/mol. The highest BCUT2D eigenvalue weighted by molar-refractivity contribution is 6.30. The first-order valence-electron chi connectivity index (χ1n) is 10.9. The van der Waals surface area contributed by atoms with Gasteiger partial charge in [0.15, 0.2) is 6.04 Å². The maximum Gasteiger partial charge on any atom is 0.332 e. The molecular formula is C27H27ClN2O4. The molecule has 6 nitrogen and oxygen atoms in total. The fraction of sp³-hybridized carbons (Fsp3) is 0.259. The number of esters is 1. The summed E-state index contributed by atoms with van der Waals surface area (Å²) in [5, 5.41) is 12.2. The number of benzene rings is 3. The predicted molar refractivity (Wildman–Crippen MR) is 134 cm³/mol. The molecule has 0 spiro atoms. The lowest BCUT2D eigenvalue weighted by Crippen LogP contribution is -2.37.